The summed E-state index contributed by atoms with van der Waals surface area (Å²) in [6.07, 6.45) is 3.99. The first-order chi connectivity index (χ1) is 7.91. The van der Waals surface area contributed by atoms with Gasteiger partial charge in [0, 0.05) is 33.9 Å². The molecule has 0 bridgehead atoms. The molecule has 0 aliphatic carbocycles. The lowest BCUT2D eigenvalue weighted by Crippen LogP contribution is -2.35. The molecule has 0 aliphatic rings. The molecule has 0 saturated heterocycles. The smallest absolute Gasteiger partial charge is 0.211 e. The molecule has 0 amide bonds. The van der Waals surface area contributed by atoms with Crippen molar-refractivity contribution in [1.82, 2.24) is 4.31 Å². The van der Waals surface area contributed by atoms with Crippen molar-refractivity contribution in [3.63, 3.8) is 0 Å². The third-order valence-corrected chi connectivity index (χ3v) is 3.84. The van der Waals surface area contributed by atoms with Crippen LogP contribution < -0.4 is 0 Å². The number of likely N-dealkylation sites (N-methyl/N-ethyl adjacent to an activating group) is 1. The fourth-order valence-electron chi connectivity index (χ4n) is 1.50. The van der Waals surface area contributed by atoms with Gasteiger partial charge in [-0.15, -0.1) is 0 Å². The number of hydrogen-bond donors (Lipinski definition) is 0. The van der Waals surface area contributed by atoms with Gasteiger partial charge in [-0.1, -0.05) is 0 Å². The molecule has 5 nitrogen and oxygen atoms in total. The molecule has 0 rings (SSSR count). The van der Waals surface area contributed by atoms with Crippen molar-refractivity contribution in [2.75, 3.05) is 40.2 Å². The van der Waals surface area contributed by atoms with Gasteiger partial charge >= 0.3 is 0 Å². The normalized spacial score (nSPS) is 14.2. The van der Waals surface area contributed by atoms with Gasteiger partial charge in [-0.2, -0.15) is 0 Å². The van der Waals surface area contributed by atoms with E-state index in [2.05, 4.69) is 0 Å². The highest BCUT2D eigenvalue weighted by Crippen LogP contribution is 2.08. The zero-order chi connectivity index (χ0) is 13.3. The number of hydrogen-bond acceptors (Lipinski definition) is 4. The quantitative estimate of drug-likeness (QED) is 0.556. The molecule has 17 heavy (non-hydrogen) atoms. The molecule has 0 aliphatic heterocycles. The Bertz CT molecular complexity index is 279. The van der Waals surface area contributed by atoms with Crippen molar-refractivity contribution in [1.29, 1.82) is 0 Å². The lowest BCUT2D eigenvalue weighted by atomic mass is 10.1. The van der Waals surface area contributed by atoms with E-state index in [4.69, 9.17) is 9.47 Å². The Morgan fingerprint density at radius 3 is 2.41 bits per heavy atom. The highest BCUT2D eigenvalue weighted by molar-refractivity contribution is 7.88. The Labute approximate surface area is 105 Å². The first-order valence-corrected chi connectivity index (χ1v) is 7.78. The van der Waals surface area contributed by atoms with E-state index in [1.807, 2.05) is 6.92 Å². The number of sulfonamides is 1. The summed E-state index contributed by atoms with van der Waals surface area (Å²) in [6, 6.07) is 0. The van der Waals surface area contributed by atoms with Crippen molar-refractivity contribution in [3.05, 3.63) is 0 Å². The summed E-state index contributed by atoms with van der Waals surface area (Å²) in [5.41, 5.74) is 0. The molecular weight excluding hydrogens is 242 g/mol. The monoisotopic (exact) mass is 267 g/mol. The molecule has 0 radical (unpaired) electrons. The second kappa shape index (κ2) is 8.85. The lowest BCUT2D eigenvalue weighted by Gasteiger charge is -2.22. The molecule has 0 aromatic carbocycles. The molecule has 0 unspecified atom stereocenters. The van der Waals surface area contributed by atoms with Gasteiger partial charge in [0.15, 0.2) is 0 Å². The van der Waals surface area contributed by atoms with Crippen LogP contribution in [0.1, 0.15) is 26.2 Å². The van der Waals surface area contributed by atoms with Crippen LogP contribution in [0.5, 0.6) is 0 Å². The van der Waals surface area contributed by atoms with Crippen molar-refractivity contribution in [3.8, 4) is 0 Å². The first-order valence-electron chi connectivity index (χ1n) is 5.93. The van der Waals surface area contributed by atoms with E-state index < -0.39 is 10.0 Å². The van der Waals surface area contributed by atoms with Gasteiger partial charge in [0.25, 0.3) is 0 Å². The van der Waals surface area contributed by atoms with Gasteiger partial charge < -0.3 is 9.47 Å². The van der Waals surface area contributed by atoms with Crippen molar-refractivity contribution >= 4 is 10.0 Å². The molecule has 0 aromatic heterocycles. The molecular formula is C11H25NO4S. The Morgan fingerprint density at radius 2 is 1.94 bits per heavy atom. The van der Waals surface area contributed by atoms with Gasteiger partial charge in [-0.25, -0.2) is 12.7 Å². The van der Waals surface area contributed by atoms with E-state index in [0.29, 0.717) is 13.2 Å². The van der Waals surface area contributed by atoms with Gasteiger partial charge in [0.05, 0.1) is 12.4 Å². The van der Waals surface area contributed by atoms with Crippen LogP contribution in [0.4, 0.5) is 0 Å². The number of nitrogens with zero attached hydrogens (tertiary/aromatic N) is 1. The summed E-state index contributed by atoms with van der Waals surface area (Å²) >= 11 is 0. The third kappa shape index (κ3) is 8.54. The van der Waals surface area contributed by atoms with Crippen LogP contribution in [0.15, 0.2) is 0 Å². The number of rotatable bonds is 10. The number of unbranched alkanes of at least 4 members (excludes halogenated alkanes) is 1. The molecule has 0 aromatic rings. The van der Waals surface area contributed by atoms with Gasteiger partial charge in [0.2, 0.25) is 10.0 Å². The second-order valence-electron chi connectivity index (χ2n) is 4.11. The second-order valence-corrected chi connectivity index (χ2v) is 6.20. The van der Waals surface area contributed by atoms with Crippen LogP contribution in [0.25, 0.3) is 0 Å². The van der Waals surface area contributed by atoms with E-state index in [-0.39, 0.29) is 6.10 Å². The van der Waals surface area contributed by atoms with Gasteiger partial charge in [-0.05, 0) is 26.2 Å². The number of ether oxygens (including phenoxy) is 2. The molecule has 6 heteroatoms. The molecule has 1 atom stereocenters. The summed E-state index contributed by atoms with van der Waals surface area (Å²) in [5.74, 6) is 0. The maximum absolute atomic E-state index is 11.3. The number of methoxy groups -OCH3 is 1. The maximum atomic E-state index is 11.3. The molecule has 0 spiro atoms. The van der Waals surface area contributed by atoms with E-state index in [1.54, 1.807) is 14.2 Å². The van der Waals surface area contributed by atoms with Crippen LogP contribution in [0.2, 0.25) is 0 Å². The SMILES string of the molecule is CCO[C@@H](CCCCOC)CN(C)S(C)(=O)=O. The van der Waals surface area contributed by atoms with E-state index in [1.165, 1.54) is 10.6 Å². The third-order valence-electron chi connectivity index (χ3n) is 2.55. The fraction of sp³-hybridized carbons (Fsp3) is 1.00. The zero-order valence-electron chi connectivity index (χ0n) is 11.3. The van der Waals surface area contributed by atoms with Crippen LogP contribution >= 0.6 is 0 Å². The zero-order valence-corrected chi connectivity index (χ0v) is 12.1. The molecule has 0 saturated carbocycles. The highest BCUT2D eigenvalue weighted by atomic mass is 32.2. The Balaban J connectivity index is 4.05. The van der Waals surface area contributed by atoms with E-state index in [9.17, 15) is 8.42 Å². The Kier molecular flexibility index (Phi) is 8.77. The molecule has 0 heterocycles. The fourth-order valence-corrected chi connectivity index (χ4v) is 1.94. The van der Waals surface area contributed by atoms with Crippen LogP contribution in [-0.4, -0.2) is 59.0 Å². The maximum Gasteiger partial charge on any atom is 0.211 e. The first kappa shape index (κ1) is 16.8. The summed E-state index contributed by atoms with van der Waals surface area (Å²) in [5, 5.41) is 0. The van der Waals surface area contributed by atoms with Crippen molar-refractivity contribution in [2.45, 2.75) is 32.3 Å². The van der Waals surface area contributed by atoms with E-state index >= 15 is 0 Å². The molecule has 104 valence electrons. The van der Waals surface area contributed by atoms with Crippen molar-refractivity contribution < 1.29 is 17.9 Å². The van der Waals surface area contributed by atoms with E-state index in [0.717, 1.165) is 25.9 Å². The summed E-state index contributed by atoms with van der Waals surface area (Å²) in [6.45, 7) is 3.68. The molecule has 0 N–H and O–H groups in total. The lowest BCUT2D eigenvalue weighted by molar-refractivity contribution is 0.0435. The predicted octanol–water partition coefficient (Wildman–Crippen LogP) is 1.10. The Morgan fingerprint density at radius 1 is 1.29 bits per heavy atom. The standard InChI is InChI=1S/C11H25NO4S/c1-5-16-11(8-6-7-9-15-3)10-12(2)17(4,13)14/h11H,5-10H2,1-4H3/t11-/m0/s1. The minimum Gasteiger partial charge on any atom is -0.385 e. The minimum absolute atomic E-state index is 0.0309. The average Bonchev–Trinajstić information content (AvgIpc) is 2.23. The van der Waals surface area contributed by atoms with Gasteiger partial charge in [0.1, 0.15) is 0 Å². The average molecular weight is 267 g/mol. The largest absolute Gasteiger partial charge is 0.385 e. The van der Waals surface area contributed by atoms with Crippen LogP contribution in [0.3, 0.4) is 0 Å². The highest BCUT2D eigenvalue weighted by Gasteiger charge is 2.17. The molecule has 0 fully saturated rings. The summed E-state index contributed by atoms with van der Waals surface area (Å²) in [7, 11) is 0.135. The predicted molar refractivity (Wildman–Crippen MR) is 68.6 cm³/mol. The van der Waals surface area contributed by atoms with Crippen molar-refractivity contribution in [2.24, 2.45) is 0 Å². The van der Waals surface area contributed by atoms with Gasteiger partial charge in [-0.3, -0.25) is 0 Å². The topological polar surface area (TPSA) is 55.8 Å². The summed E-state index contributed by atoms with van der Waals surface area (Å²) in [4.78, 5) is 0. The van der Waals surface area contributed by atoms with Crippen LogP contribution in [-0.2, 0) is 19.5 Å². The minimum atomic E-state index is -3.12. The Hall–Kier alpha value is -0.170. The van der Waals surface area contributed by atoms with Crippen LogP contribution in [0, 0.1) is 0 Å². The summed E-state index contributed by atoms with van der Waals surface area (Å²) < 4.78 is 34.4.